The van der Waals surface area contributed by atoms with Gasteiger partial charge >= 0.3 is 0 Å². The number of methoxy groups -OCH3 is 1. The average Bonchev–Trinajstić information content (AvgIpc) is 2.72. The molecule has 0 aliphatic carbocycles. The van der Waals surface area contributed by atoms with Crippen molar-refractivity contribution < 1.29 is 9.53 Å². The van der Waals surface area contributed by atoms with Crippen molar-refractivity contribution in [2.24, 2.45) is 0 Å². The highest BCUT2D eigenvalue weighted by Gasteiger charge is 2.08. The van der Waals surface area contributed by atoms with E-state index < -0.39 is 0 Å². The summed E-state index contributed by atoms with van der Waals surface area (Å²) >= 11 is 4.75. The molecule has 84 valence electrons. The van der Waals surface area contributed by atoms with Gasteiger partial charge in [0.05, 0.1) is 12.0 Å². The molecule has 1 heterocycles. The normalized spacial score (nSPS) is 10.0. The van der Waals surface area contributed by atoms with Crippen molar-refractivity contribution in [3.8, 4) is 5.75 Å². The molecule has 1 rings (SSSR count). The van der Waals surface area contributed by atoms with E-state index in [4.69, 9.17) is 4.74 Å². The third-order valence-electron chi connectivity index (χ3n) is 1.88. The SMILES string of the molecule is COc1csc(C(=O)NCCCCBr)c1. The molecule has 0 spiro atoms. The molecule has 5 heteroatoms. The van der Waals surface area contributed by atoms with Gasteiger partial charge in [0, 0.05) is 23.3 Å². The largest absolute Gasteiger partial charge is 0.496 e. The highest BCUT2D eigenvalue weighted by molar-refractivity contribution is 9.09. The van der Waals surface area contributed by atoms with Gasteiger partial charge in [-0.25, -0.2) is 0 Å². The summed E-state index contributed by atoms with van der Waals surface area (Å²) in [6.07, 6.45) is 2.08. The second-order valence-electron chi connectivity index (χ2n) is 3.00. The zero-order chi connectivity index (χ0) is 11.1. The van der Waals surface area contributed by atoms with Gasteiger partial charge in [-0.15, -0.1) is 11.3 Å². The molecule has 0 bridgehead atoms. The summed E-state index contributed by atoms with van der Waals surface area (Å²) in [5, 5.41) is 5.67. The quantitative estimate of drug-likeness (QED) is 0.646. The number of carbonyl (C=O) groups excluding carboxylic acids is 1. The third kappa shape index (κ3) is 4.22. The van der Waals surface area contributed by atoms with Crippen LogP contribution in [0.1, 0.15) is 22.5 Å². The first-order chi connectivity index (χ1) is 7.27. The van der Waals surface area contributed by atoms with Crippen LogP contribution in [0.25, 0.3) is 0 Å². The number of amides is 1. The Kier molecular flexibility index (Phi) is 5.71. The minimum Gasteiger partial charge on any atom is -0.496 e. The predicted molar refractivity (Wildman–Crippen MR) is 66.2 cm³/mol. The van der Waals surface area contributed by atoms with Crippen LogP contribution in [-0.4, -0.2) is 24.9 Å². The smallest absolute Gasteiger partial charge is 0.261 e. The lowest BCUT2D eigenvalue weighted by Crippen LogP contribution is -2.23. The first-order valence-electron chi connectivity index (χ1n) is 4.74. The molecule has 1 amide bonds. The fourth-order valence-electron chi connectivity index (χ4n) is 1.05. The molecule has 0 aliphatic heterocycles. The number of halogens is 1. The van der Waals surface area contributed by atoms with E-state index in [1.165, 1.54) is 11.3 Å². The summed E-state index contributed by atoms with van der Waals surface area (Å²) in [6, 6.07) is 1.75. The van der Waals surface area contributed by atoms with Crippen LogP contribution < -0.4 is 10.1 Å². The van der Waals surface area contributed by atoms with Crippen LogP contribution >= 0.6 is 27.3 Å². The van der Waals surface area contributed by atoms with E-state index in [1.807, 2.05) is 5.38 Å². The molecular formula is C10H14BrNO2S. The standard InChI is InChI=1S/C10H14BrNO2S/c1-14-8-6-9(15-7-8)10(13)12-5-3-2-4-11/h6-7H,2-5H2,1H3,(H,12,13). The van der Waals surface area contributed by atoms with Crippen molar-refractivity contribution in [3.05, 3.63) is 16.3 Å². The van der Waals surface area contributed by atoms with Crippen molar-refractivity contribution in [1.82, 2.24) is 5.32 Å². The predicted octanol–water partition coefficient (Wildman–Crippen LogP) is 2.66. The number of rotatable bonds is 6. The molecule has 0 unspecified atom stereocenters. The summed E-state index contributed by atoms with van der Waals surface area (Å²) in [7, 11) is 1.60. The van der Waals surface area contributed by atoms with Crippen LogP contribution in [-0.2, 0) is 0 Å². The number of thiophene rings is 1. The number of hydrogen-bond donors (Lipinski definition) is 1. The van der Waals surface area contributed by atoms with E-state index in [-0.39, 0.29) is 5.91 Å². The Hall–Kier alpha value is -0.550. The molecule has 0 saturated carbocycles. The minimum atomic E-state index is -0.0159. The fourth-order valence-corrected chi connectivity index (χ4v) is 2.22. The third-order valence-corrected chi connectivity index (χ3v) is 3.35. The molecule has 0 fully saturated rings. The van der Waals surface area contributed by atoms with Gasteiger partial charge in [-0.2, -0.15) is 0 Å². The van der Waals surface area contributed by atoms with E-state index in [0.717, 1.165) is 30.5 Å². The molecule has 1 N–H and O–H groups in total. The number of alkyl halides is 1. The van der Waals surface area contributed by atoms with Gasteiger partial charge in [-0.1, -0.05) is 15.9 Å². The van der Waals surface area contributed by atoms with E-state index in [0.29, 0.717) is 4.88 Å². The molecule has 0 aromatic carbocycles. The lowest BCUT2D eigenvalue weighted by Gasteiger charge is -2.01. The van der Waals surface area contributed by atoms with E-state index >= 15 is 0 Å². The maximum atomic E-state index is 11.6. The van der Waals surface area contributed by atoms with Crippen molar-refractivity contribution in [1.29, 1.82) is 0 Å². The van der Waals surface area contributed by atoms with Gasteiger partial charge in [-0.3, -0.25) is 4.79 Å². The van der Waals surface area contributed by atoms with Gasteiger partial charge in [0.1, 0.15) is 5.75 Å². The Morgan fingerprint density at radius 2 is 2.40 bits per heavy atom. The maximum Gasteiger partial charge on any atom is 0.261 e. The Bertz CT molecular complexity index is 314. The van der Waals surface area contributed by atoms with Crippen molar-refractivity contribution in [3.63, 3.8) is 0 Å². The monoisotopic (exact) mass is 291 g/mol. The number of hydrogen-bond acceptors (Lipinski definition) is 3. The van der Waals surface area contributed by atoms with Crippen LogP contribution in [0.5, 0.6) is 5.75 Å². The summed E-state index contributed by atoms with van der Waals surface area (Å²) in [4.78, 5) is 12.3. The Morgan fingerprint density at radius 1 is 1.60 bits per heavy atom. The second kappa shape index (κ2) is 6.85. The molecule has 1 aromatic rings. The summed E-state index contributed by atoms with van der Waals surface area (Å²) in [6.45, 7) is 0.727. The lowest BCUT2D eigenvalue weighted by atomic mass is 10.3. The van der Waals surface area contributed by atoms with Crippen LogP contribution in [0.3, 0.4) is 0 Å². The topological polar surface area (TPSA) is 38.3 Å². The zero-order valence-electron chi connectivity index (χ0n) is 8.59. The number of carbonyl (C=O) groups is 1. The zero-order valence-corrected chi connectivity index (χ0v) is 11.0. The first kappa shape index (κ1) is 12.5. The number of unbranched alkanes of at least 4 members (excludes halogenated alkanes) is 1. The van der Waals surface area contributed by atoms with Crippen molar-refractivity contribution >= 4 is 33.2 Å². The molecule has 0 aliphatic rings. The van der Waals surface area contributed by atoms with Gasteiger partial charge in [0.25, 0.3) is 5.91 Å². The van der Waals surface area contributed by atoms with Gasteiger partial charge in [0.2, 0.25) is 0 Å². The maximum absolute atomic E-state index is 11.6. The average molecular weight is 292 g/mol. The van der Waals surface area contributed by atoms with Gasteiger partial charge < -0.3 is 10.1 Å². The fraction of sp³-hybridized carbons (Fsp3) is 0.500. The Balaban J connectivity index is 2.33. The number of ether oxygens (including phenoxy) is 1. The summed E-state index contributed by atoms with van der Waals surface area (Å²) < 4.78 is 5.01. The molecule has 0 radical (unpaired) electrons. The molecule has 0 atom stereocenters. The van der Waals surface area contributed by atoms with Gasteiger partial charge in [-0.05, 0) is 12.8 Å². The first-order valence-corrected chi connectivity index (χ1v) is 6.74. The van der Waals surface area contributed by atoms with Gasteiger partial charge in [0.15, 0.2) is 0 Å². The summed E-state index contributed by atoms with van der Waals surface area (Å²) in [5.74, 6) is 0.725. The van der Waals surface area contributed by atoms with Crippen LogP contribution in [0, 0.1) is 0 Å². The molecule has 3 nitrogen and oxygen atoms in total. The Labute approximate surface area is 102 Å². The van der Waals surface area contributed by atoms with E-state index in [9.17, 15) is 4.79 Å². The molecule has 1 aromatic heterocycles. The highest BCUT2D eigenvalue weighted by atomic mass is 79.9. The van der Waals surface area contributed by atoms with E-state index in [1.54, 1.807) is 13.2 Å². The molecule has 15 heavy (non-hydrogen) atoms. The molecule has 0 saturated heterocycles. The van der Waals surface area contributed by atoms with Crippen molar-refractivity contribution in [2.45, 2.75) is 12.8 Å². The Morgan fingerprint density at radius 3 is 3.00 bits per heavy atom. The van der Waals surface area contributed by atoms with E-state index in [2.05, 4.69) is 21.2 Å². The van der Waals surface area contributed by atoms with Crippen LogP contribution in [0.15, 0.2) is 11.4 Å². The summed E-state index contributed by atoms with van der Waals surface area (Å²) in [5.41, 5.74) is 0. The lowest BCUT2D eigenvalue weighted by molar-refractivity contribution is 0.0957. The highest BCUT2D eigenvalue weighted by Crippen LogP contribution is 2.20. The second-order valence-corrected chi connectivity index (χ2v) is 4.71. The minimum absolute atomic E-state index is 0.0159. The van der Waals surface area contributed by atoms with Crippen LogP contribution in [0.2, 0.25) is 0 Å². The van der Waals surface area contributed by atoms with Crippen LogP contribution in [0.4, 0.5) is 0 Å². The number of nitrogens with one attached hydrogen (secondary N) is 1. The van der Waals surface area contributed by atoms with Crippen molar-refractivity contribution in [2.75, 3.05) is 19.0 Å². The molecular weight excluding hydrogens is 278 g/mol.